The molecule has 2 rings (SSSR count). The van der Waals surface area contributed by atoms with E-state index in [0.29, 0.717) is 51.4 Å². The van der Waals surface area contributed by atoms with Crippen LogP contribution < -0.4 is 9.64 Å². The lowest BCUT2D eigenvalue weighted by Crippen LogP contribution is -2.48. The highest BCUT2D eigenvalue weighted by Gasteiger charge is 2.26. The average Bonchev–Trinajstić information content (AvgIpc) is 2.85. The van der Waals surface area contributed by atoms with E-state index >= 15 is 0 Å². The molecule has 0 aromatic heterocycles. The summed E-state index contributed by atoms with van der Waals surface area (Å²) in [7, 11) is -1.95. The van der Waals surface area contributed by atoms with E-state index in [1.807, 2.05) is 18.7 Å². The molecule has 1 amide bonds. The second-order valence-corrected chi connectivity index (χ2v) is 11.0. The number of carbonyl (C=O) groups is 1. The van der Waals surface area contributed by atoms with Gasteiger partial charge in [-0.3, -0.25) is 4.79 Å². The number of methoxy groups -OCH3 is 1. The average molecular weight is 496 g/mol. The van der Waals surface area contributed by atoms with Crippen molar-refractivity contribution in [2.45, 2.75) is 83.5 Å². The number of rotatable bonds is 15. The Balaban J connectivity index is 1.90. The first-order valence-corrected chi connectivity index (χ1v) is 14.5. The molecule has 7 nitrogen and oxygen atoms in total. The van der Waals surface area contributed by atoms with Crippen LogP contribution in [0.1, 0.15) is 78.6 Å². The highest BCUT2D eigenvalue weighted by Crippen LogP contribution is 2.32. The van der Waals surface area contributed by atoms with Crippen molar-refractivity contribution in [3.05, 3.63) is 18.2 Å². The molecule has 1 heterocycles. The van der Waals surface area contributed by atoms with Gasteiger partial charge in [0, 0.05) is 45.7 Å². The predicted octanol–water partition coefficient (Wildman–Crippen LogP) is 4.91. The third kappa shape index (κ3) is 7.87. The van der Waals surface area contributed by atoms with Gasteiger partial charge < -0.3 is 14.5 Å². The summed E-state index contributed by atoms with van der Waals surface area (Å²) in [6.45, 7) is 9.39. The third-order valence-electron chi connectivity index (χ3n) is 6.71. The van der Waals surface area contributed by atoms with Gasteiger partial charge in [-0.2, -0.15) is 4.31 Å². The zero-order valence-corrected chi connectivity index (χ0v) is 22.5. The second kappa shape index (κ2) is 14.6. The molecule has 0 atom stereocenters. The number of piperazine rings is 1. The highest BCUT2D eigenvalue weighted by molar-refractivity contribution is 7.89. The number of nitrogens with zero attached hydrogens (tertiary/aromatic N) is 3. The first-order valence-electron chi connectivity index (χ1n) is 13.1. The van der Waals surface area contributed by atoms with Gasteiger partial charge in [0.05, 0.1) is 17.7 Å². The highest BCUT2D eigenvalue weighted by atomic mass is 32.2. The van der Waals surface area contributed by atoms with Crippen LogP contribution in [0.15, 0.2) is 23.1 Å². The monoisotopic (exact) mass is 495 g/mol. The van der Waals surface area contributed by atoms with Crippen molar-refractivity contribution in [3.63, 3.8) is 0 Å². The smallest absolute Gasteiger partial charge is 0.243 e. The molecule has 194 valence electrons. The molecule has 0 N–H and O–H groups in total. The zero-order valence-electron chi connectivity index (χ0n) is 21.7. The first-order chi connectivity index (χ1) is 16.4. The summed E-state index contributed by atoms with van der Waals surface area (Å²) >= 11 is 0. The summed E-state index contributed by atoms with van der Waals surface area (Å²) in [5, 5.41) is 0. The molecule has 1 fully saturated rings. The molecule has 1 saturated heterocycles. The van der Waals surface area contributed by atoms with Gasteiger partial charge in [0.1, 0.15) is 5.75 Å². The van der Waals surface area contributed by atoms with Crippen molar-refractivity contribution in [2.75, 3.05) is 51.3 Å². The number of carbonyl (C=O) groups excluding carboxylic acids is 1. The molecule has 1 aliphatic rings. The van der Waals surface area contributed by atoms with Crippen LogP contribution in [0.4, 0.5) is 5.69 Å². The number of benzene rings is 1. The topological polar surface area (TPSA) is 70.2 Å². The molecule has 8 heteroatoms. The molecule has 1 aliphatic heterocycles. The van der Waals surface area contributed by atoms with Crippen LogP contribution in [0, 0.1) is 0 Å². The van der Waals surface area contributed by atoms with Gasteiger partial charge in [-0.25, -0.2) is 8.42 Å². The number of hydrogen-bond donors (Lipinski definition) is 0. The van der Waals surface area contributed by atoms with Gasteiger partial charge >= 0.3 is 0 Å². The van der Waals surface area contributed by atoms with Crippen LogP contribution in [0.3, 0.4) is 0 Å². The summed E-state index contributed by atoms with van der Waals surface area (Å²) in [4.78, 5) is 17.0. The van der Waals surface area contributed by atoms with E-state index in [9.17, 15) is 13.2 Å². The maximum atomic E-state index is 13.0. The minimum Gasteiger partial charge on any atom is -0.495 e. The SMILES string of the molecule is CCCCCCCCCCC(=O)N1CCN(c2cc(S(=O)(=O)N(CC)CC)ccc2OC)CC1. The lowest BCUT2D eigenvalue weighted by Gasteiger charge is -2.37. The van der Waals surface area contributed by atoms with E-state index < -0.39 is 10.0 Å². The minimum absolute atomic E-state index is 0.232. The Morgan fingerprint density at radius 3 is 2.06 bits per heavy atom. The van der Waals surface area contributed by atoms with Crippen molar-refractivity contribution in [3.8, 4) is 5.75 Å². The summed E-state index contributed by atoms with van der Waals surface area (Å²) in [6, 6.07) is 5.05. The molecule has 0 unspecified atom stereocenters. The molecule has 0 bridgehead atoms. The Kier molecular flexibility index (Phi) is 12.2. The summed E-state index contributed by atoms with van der Waals surface area (Å²) in [5.41, 5.74) is 0.769. The van der Waals surface area contributed by atoms with E-state index in [1.165, 1.54) is 42.8 Å². The Morgan fingerprint density at radius 1 is 0.912 bits per heavy atom. The van der Waals surface area contributed by atoms with Crippen molar-refractivity contribution in [2.24, 2.45) is 0 Å². The van der Waals surface area contributed by atoms with E-state index in [1.54, 1.807) is 25.3 Å². The second-order valence-electron chi connectivity index (χ2n) is 9.02. The van der Waals surface area contributed by atoms with Crippen LogP contribution in [0.25, 0.3) is 0 Å². The number of sulfonamides is 1. The normalized spacial score (nSPS) is 14.6. The molecule has 0 aliphatic carbocycles. The maximum Gasteiger partial charge on any atom is 0.243 e. The van der Waals surface area contributed by atoms with Crippen molar-refractivity contribution < 1.29 is 17.9 Å². The van der Waals surface area contributed by atoms with Crippen LogP contribution in [-0.2, 0) is 14.8 Å². The Bertz CT molecular complexity index is 848. The fourth-order valence-corrected chi connectivity index (χ4v) is 6.03. The lowest BCUT2D eigenvalue weighted by atomic mass is 10.1. The molecule has 0 saturated carbocycles. The van der Waals surface area contributed by atoms with Gasteiger partial charge in [-0.1, -0.05) is 65.7 Å². The molecule has 0 radical (unpaired) electrons. The molecule has 0 spiro atoms. The lowest BCUT2D eigenvalue weighted by molar-refractivity contribution is -0.131. The molecule has 34 heavy (non-hydrogen) atoms. The van der Waals surface area contributed by atoms with Crippen LogP contribution >= 0.6 is 0 Å². The molecular formula is C26H45N3O4S. The van der Waals surface area contributed by atoms with E-state index in [4.69, 9.17) is 4.74 Å². The Labute approximate surface area is 207 Å². The fraction of sp³-hybridized carbons (Fsp3) is 0.731. The van der Waals surface area contributed by atoms with Crippen LogP contribution in [-0.4, -0.2) is 69.9 Å². The quantitative estimate of drug-likeness (QED) is 0.324. The van der Waals surface area contributed by atoms with Crippen LogP contribution in [0.2, 0.25) is 0 Å². The third-order valence-corrected chi connectivity index (χ3v) is 8.76. The van der Waals surface area contributed by atoms with E-state index in [-0.39, 0.29) is 10.8 Å². The van der Waals surface area contributed by atoms with Crippen LogP contribution in [0.5, 0.6) is 5.75 Å². The largest absolute Gasteiger partial charge is 0.495 e. The number of unbranched alkanes of at least 4 members (excludes halogenated alkanes) is 7. The summed E-state index contributed by atoms with van der Waals surface area (Å²) < 4.78 is 33.0. The number of hydrogen-bond acceptors (Lipinski definition) is 5. The number of anilines is 1. The first kappa shape index (κ1) is 28.4. The van der Waals surface area contributed by atoms with Gasteiger partial charge in [0.25, 0.3) is 0 Å². The standard InChI is InChI=1S/C26H45N3O4S/c1-5-8-9-10-11-12-13-14-15-26(30)28-20-18-27(19-21-28)24-22-23(16-17-25(24)33-4)34(31,32)29(6-2)7-3/h16-17,22H,5-15,18-21H2,1-4H3. The predicted molar refractivity (Wildman–Crippen MR) is 139 cm³/mol. The summed E-state index contributed by atoms with van der Waals surface area (Å²) in [6.07, 6.45) is 10.4. The fourth-order valence-electron chi connectivity index (χ4n) is 4.55. The Hall–Kier alpha value is -1.80. The van der Waals surface area contributed by atoms with Gasteiger partial charge in [-0.05, 0) is 24.6 Å². The number of ether oxygens (including phenoxy) is 1. The maximum absolute atomic E-state index is 13.0. The van der Waals surface area contributed by atoms with Gasteiger partial charge in [0.15, 0.2) is 0 Å². The zero-order chi connectivity index (χ0) is 25.0. The molecule has 1 aromatic carbocycles. The van der Waals surface area contributed by atoms with E-state index in [2.05, 4.69) is 11.8 Å². The van der Waals surface area contributed by atoms with Crippen molar-refractivity contribution in [1.82, 2.24) is 9.21 Å². The van der Waals surface area contributed by atoms with Crippen molar-refractivity contribution >= 4 is 21.6 Å². The number of amides is 1. The van der Waals surface area contributed by atoms with Gasteiger partial charge in [0.2, 0.25) is 15.9 Å². The van der Waals surface area contributed by atoms with Gasteiger partial charge in [-0.15, -0.1) is 0 Å². The summed E-state index contributed by atoms with van der Waals surface area (Å²) in [5.74, 6) is 0.882. The molecular weight excluding hydrogens is 450 g/mol. The van der Waals surface area contributed by atoms with Crippen molar-refractivity contribution in [1.29, 1.82) is 0 Å². The Morgan fingerprint density at radius 2 is 1.50 bits per heavy atom. The minimum atomic E-state index is -3.55. The van der Waals surface area contributed by atoms with E-state index in [0.717, 1.165) is 18.5 Å². The molecule has 1 aromatic rings.